The van der Waals surface area contributed by atoms with Gasteiger partial charge in [-0.25, -0.2) is 0 Å². The molecule has 2 rings (SSSR count). The van der Waals surface area contributed by atoms with Gasteiger partial charge in [0.25, 0.3) is 0 Å². The smallest absolute Gasteiger partial charge is 0.157 e. The fourth-order valence-electron chi connectivity index (χ4n) is 1.75. The van der Waals surface area contributed by atoms with Crippen molar-refractivity contribution in [2.75, 3.05) is 5.75 Å². The van der Waals surface area contributed by atoms with Crippen molar-refractivity contribution in [2.45, 2.75) is 39.8 Å². The van der Waals surface area contributed by atoms with Crippen LogP contribution in [-0.2, 0) is 0 Å². The van der Waals surface area contributed by atoms with Gasteiger partial charge in [-0.3, -0.25) is 4.99 Å². The summed E-state index contributed by atoms with van der Waals surface area (Å²) in [5, 5.41) is 4.63. The summed E-state index contributed by atoms with van der Waals surface area (Å²) in [6.07, 6.45) is 0. The number of amidine groups is 1. The predicted molar refractivity (Wildman–Crippen MR) is 79.1 cm³/mol. The molecule has 2 heterocycles. The second-order valence-electron chi connectivity index (χ2n) is 4.87. The van der Waals surface area contributed by atoms with Gasteiger partial charge < -0.3 is 5.32 Å². The van der Waals surface area contributed by atoms with Gasteiger partial charge in [0.2, 0.25) is 0 Å². The molecule has 1 aliphatic heterocycles. The molecule has 1 aromatic rings. The average molecular weight is 268 g/mol. The Labute approximate surface area is 112 Å². The van der Waals surface area contributed by atoms with Crippen molar-refractivity contribution in [3.05, 3.63) is 21.9 Å². The van der Waals surface area contributed by atoms with Gasteiger partial charge >= 0.3 is 0 Å². The molecule has 1 N–H and O–H groups in total. The highest BCUT2D eigenvalue weighted by Gasteiger charge is 2.22. The molecular formula is C13H20N2S2. The normalized spacial score (nSPS) is 21.7. The number of nitrogens with one attached hydrogen (secondary N) is 1. The zero-order valence-electron chi connectivity index (χ0n) is 10.9. The van der Waals surface area contributed by atoms with Gasteiger partial charge in [-0.05, 0) is 31.9 Å². The Kier molecular flexibility index (Phi) is 4.15. The van der Waals surface area contributed by atoms with Gasteiger partial charge in [-0.15, -0.1) is 11.3 Å². The first kappa shape index (κ1) is 13.0. The molecule has 0 amide bonds. The lowest BCUT2D eigenvalue weighted by molar-refractivity contribution is 0.541. The summed E-state index contributed by atoms with van der Waals surface area (Å²) in [6.45, 7) is 8.84. The summed E-state index contributed by atoms with van der Waals surface area (Å²) in [5.41, 5.74) is 0. The lowest BCUT2D eigenvalue weighted by Crippen LogP contribution is -2.22. The van der Waals surface area contributed by atoms with Crippen LogP contribution < -0.4 is 5.32 Å². The first-order chi connectivity index (χ1) is 8.06. The molecule has 1 aromatic heterocycles. The number of hydrogen-bond donors (Lipinski definition) is 1. The van der Waals surface area contributed by atoms with Crippen molar-refractivity contribution in [2.24, 2.45) is 10.9 Å². The Balaban J connectivity index is 1.96. The Morgan fingerprint density at radius 2 is 2.12 bits per heavy atom. The molecule has 0 spiro atoms. The van der Waals surface area contributed by atoms with Crippen molar-refractivity contribution >= 4 is 28.3 Å². The quantitative estimate of drug-likeness (QED) is 0.901. The van der Waals surface area contributed by atoms with E-state index >= 15 is 0 Å². The monoisotopic (exact) mass is 268 g/mol. The molecular weight excluding hydrogens is 248 g/mol. The second-order valence-corrected chi connectivity index (χ2v) is 7.20. The molecule has 0 aliphatic carbocycles. The fourth-order valence-corrected chi connectivity index (χ4v) is 3.89. The molecule has 17 heavy (non-hydrogen) atoms. The molecule has 0 fully saturated rings. The maximum Gasteiger partial charge on any atom is 0.157 e. The van der Waals surface area contributed by atoms with Crippen molar-refractivity contribution < 1.29 is 0 Å². The molecule has 94 valence electrons. The minimum atomic E-state index is 0.367. The van der Waals surface area contributed by atoms with Crippen molar-refractivity contribution in [3.8, 4) is 0 Å². The Morgan fingerprint density at radius 1 is 1.35 bits per heavy atom. The maximum atomic E-state index is 4.73. The van der Waals surface area contributed by atoms with Crippen molar-refractivity contribution in [1.82, 2.24) is 5.32 Å². The molecule has 0 saturated heterocycles. The van der Waals surface area contributed by atoms with E-state index in [-0.39, 0.29) is 0 Å². The molecule has 2 nitrogen and oxygen atoms in total. The molecule has 0 radical (unpaired) electrons. The van der Waals surface area contributed by atoms with Crippen LogP contribution in [0.2, 0.25) is 0 Å². The zero-order chi connectivity index (χ0) is 12.4. The third-order valence-corrected chi connectivity index (χ3v) is 5.16. The molecule has 0 saturated carbocycles. The van der Waals surface area contributed by atoms with E-state index < -0.39 is 0 Å². The van der Waals surface area contributed by atoms with E-state index in [1.165, 1.54) is 9.75 Å². The van der Waals surface area contributed by atoms with Crippen LogP contribution in [0.25, 0.3) is 0 Å². The molecule has 1 unspecified atom stereocenters. The highest BCUT2D eigenvalue weighted by molar-refractivity contribution is 8.14. The van der Waals surface area contributed by atoms with E-state index in [9.17, 15) is 0 Å². The molecule has 4 heteroatoms. The van der Waals surface area contributed by atoms with Crippen LogP contribution in [0, 0.1) is 12.8 Å². The third kappa shape index (κ3) is 3.26. The van der Waals surface area contributed by atoms with E-state index in [0.29, 0.717) is 18.0 Å². The number of aliphatic imine (C=N–C) groups is 1. The number of nitrogens with zero attached hydrogens (tertiary/aromatic N) is 1. The van der Waals surface area contributed by atoms with Crippen molar-refractivity contribution in [3.63, 3.8) is 0 Å². The minimum Gasteiger partial charge on any atom is -0.358 e. The number of rotatable bonds is 3. The van der Waals surface area contributed by atoms with Crippen LogP contribution in [-0.4, -0.2) is 17.0 Å². The standard InChI is InChI=1S/C13H20N2S2/c1-8(2)11-7-16-13(15-11)14-10(4)12-6-5-9(3)17-12/h5-6,8,10-11H,7H2,1-4H3,(H,14,15)/t10?,11-/m1/s1. The van der Waals surface area contributed by atoms with Gasteiger partial charge in [0.15, 0.2) is 5.17 Å². The summed E-state index contributed by atoms with van der Waals surface area (Å²) < 4.78 is 0. The van der Waals surface area contributed by atoms with E-state index in [0.717, 1.165) is 10.9 Å². The summed E-state index contributed by atoms with van der Waals surface area (Å²) in [6, 6.07) is 5.24. The Morgan fingerprint density at radius 3 is 2.65 bits per heavy atom. The van der Waals surface area contributed by atoms with E-state index in [4.69, 9.17) is 4.99 Å². The van der Waals surface area contributed by atoms with Crippen LogP contribution in [0.4, 0.5) is 0 Å². The summed E-state index contributed by atoms with van der Waals surface area (Å²) in [4.78, 5) is 7.49. The van der Waals surface area contributed by atoms with Crippen LogP contribution in [0.5, 0.6) is 0 Å². The summed E-state index contributed by atoms with van der Waals surface area (Å²) in [7, 11) is 0. The molecule has 2 atom stereocenters. The first-order valence-electron chi connectivity index (χ1n) is 6.09. The van der Waals surface area contributed by atoms with E-state index in [2.05, 4.69) is 45.1 Å². The van der Waals surface area contributed by atoms with Gasteiger partial charge in [0.05, 0.1) is 12.1 Å². The van der Waals surface area contributed by atoms with Crippen molar-refractivity contribution in [1.29, 1.82) is 0 Å². The van der Waals surface area contributed by atoms with Gasteiger partial charge in [0, 0.05) is 15.5 Å². The molecule has 0 aromatic carbocycles. The topological polar surface area (TPSA) is 24.4 Å². The highest BCUT2D eigenvalue weighted by Crippen LogP contribution is 2.26. The van der Waals surface area contributed by atoms with Crippen LogP contribution >= 0.6 is 23.1 Å². The molecule has 0 bridgehead atoms. The average Bonchev–Trinajstić information content (AvgIpc) is 2.86. The Hall–Kier alpha value is -0.480. The summed E-state index contributed by atoms with van der Waals surface area (Å²) >= 11 is 3.71. The lowest BCUT2D eigenvalue weighted by Gasteiger charge is -2.12. The lowest BCUT2D eigenvalue weighted by atomic mass is 10.1. The van der Waals surface area contributed by atoms with Gasteiger partial charge in [0.1, 0.15) is 0 Å². The number of thiophene rings is 1. The van der Waals surface area contributed by atoms with E-state index in [1.807, 2.05) is 23.1 Å². The minimum absolute atomic E-state index is 0.367. The number of thioether (sulfide) groups is 1. The Bertz CT molecular complexity index is 409. The summed E-state index contributed by atoms with van der Waals surface area (Å²) in [5.74, 6) is 1.76. The fraction of sp³-hybridized carbons (Fsp3) is 0.615. The second kappa shape index (κ2) is 5.44. The van der Waals surface area contributed by atoms with Crippen LogP contribution in [0.1, 0.15) is 36.6 Å². The zero-order valence-corrected chi connectivity index (χ0v) is 12.5. The third-order valence-electron chi connectivity index (χ3n) is 2.97. The largest absolute Gasteiger partial charge is 0.358 e. The van der Waals surface area contributed by atoms with Gasteiger partial charge in [-0.2, -0.15) is 0 Å². The number of aryl methyl sites for hydroxylation is 1. The van der Waals surface area contributed by atoms with Crippen LogP contribution in [0.3, 0.4) is 0 Å². The van der Waals surface area contributed by atoms with Crippen LogP contribution in [0.15, 0.2) is 17.1 Å². The van der Waals surface area contributed by atoms with Gasteiger partial charge in [-0.1, -0.05) is 25.6 Å². The number of hydrogen-bond acceptors (Lipinski definition) is 4. The maximum absolute atomic E-state index is 4.73. The first-order valence-corrected chi connectivity index (χ1v) is 7.90. The predicted octanol–water partition coefficient (Wildman–Crippen LogP) is 3.83. The SMILES string of the molecule is Cc1ccc(C(C)NC2=N[C@@H](C(C)C)CS2)s1. The molecule has 1 aliphatic rings. The highest BCUT2D eigenvalue weighted by atomic mass is 32.2. The van der Waals surface area contributed by atoms with E-state index in [1.54, 1.807) is 0 Å².